The highest BCUT2D eigenvalue weighted by molar-refractivity contribution is 5.45. The Morgan fingerprint density at radius 2 is 0.788 bits per heavy atom. The zero-order valence-corrected chi connectivity index (χ0v) is 22.9. The normalized spacial score (nSPS) is 11.4. The zero-order chi connectivity index (χ0) is 24.0. The lowest BCUT2D eigenvalue weighted by molar-refractivity contribution is 0.463. The summed E-state index contributed by atoms with van der Waals surface area (Å²) in [6.07, 6.45) is 30.5. The molecule has 0 bridgehead atoms. The van der Waals surface area contributed by atoms with Gasteiger partial charge in [-0.2, -0.15) is 0 Å². The van der Waals surface area contributed by atoms with Crippen molar-refractivity contribution < 1.29 is 5.11 Å². The number of hydrogen-bond donors (Lipinski definition) is 1. The van der Waals surface area contributed by atoms with Gasteiger partial charge in [0.05, 0.1) is 0 Å². The molecule has 0 heterocycles. The number of unbranched alkanes of at least 4 members (excludes halogenated alkanes) is 17. The maximum atomic E-state index is 10.7. The van der Waals surface area contributed by atoms with E-state index in [1.165, 1.54) is 158 Å². The first-order valence-corrected chi connectivity index (χ1v) is 15.1. The summed E-state index contributed by atoms with van der Waals surface area (Å²) in [6, 6.07) is 4.23. The molecule has 1 aromatic rings. The summed E-state index contributed by atoms with van der Waals surface area (Å²) in [5.41, 5.74) is 4.33. The highest BCUT2D eigenvalue weighted by atomic mass is 16.3. The minimum atomic E-state index is 0.556. The second-order valence-corrected chi connectivity index (χ2v) is 10.5. The molecule has 0 radical (unpaired) electrons. The molecule has 0 saturated carbocycles. The van der Waals surface area contributed by atoms with Gasteiger partial charge in [0.2, 0.25) is 0 Å². The van der Waals surface area contributed by atoms with E-state index in [1.54, 1.807) is 0 Å². The molecule has 0 fully saturated rings. The molecule has 1 heteroatoms. The molecule has 1 rings (SSSR count). The predicted octanol–water partition coefficient (Wildman–Crippen LogP) is 10.9. The Kier molecular flexibility index (Phi) is 19.6. The molecule has 1 nitrogen and oxygen atoms in total. The zero-order valence-electron chi connectivity index (χ0n) is 22.9. The van der Waals surface area contributed by atoms with Crippen LogP contribution in [-0.4, -0.2) is 5.11 Å². The highest BCUT2D eigenvalue weighted by Crippen LogP contribution is 2.30. The lowest BCUT2D eigenvalue weighted by Gasteiger charge is -2.17. The van der Waals surface area contributed by atoms with E-state index in [1.807, 2.05) is 6.07 Å². The van der Waals surface area contributed by atoms with Gasteiger partial charge in [-0.15, -0.1) is 0 Å². The minimum absolute atomic E-state index is 0.556. The Morgan fingerprint density at radius 3 is 1.27 bits per heavy atom. The summed E-state index contributed by atoms with van der Waals surface area (Å²) in [4.78, 5) is 0. The summed E-state index contributed by atoms with van der Waals surface area (Å²) in [5, 5.41) is 10.7. The Labute approximate surface area is 208 Å². The Hall–Kier alpha value is -0.980. The van der Waals surface area contributed by atoms with Crippen molar-refractivity contribution >= 4 is 0 Å². The molecular weight excluding hydrogens is 400 g/mol. The summed E-state index contributed by atoms with van der Waals surface area (Å²) in [6.45, 7) is 6.86. The van der Waals surface area contributed by atoms with E-state index < -0.39 is 0 Å². The standard InChI is InChI=1S/C32H58O/c1-4-7-10-13-15-17-19-21-24-29-27-28-32(33)31(26-22-12-9-6-3)30(29)25-23-20-18-16-14-11-8-5-2/h27-28,33H,4-26H2,1-3H3. The van der Waals surface area contributed by atoms with Gasteiger partial charge in [0.15, 0.2) is 0 Å². The molecule has 1 N–H and O–H groups in total. The molecule has 0 saturated heterocycles. The summed E-state index contributed by atoms with van der Waals surface area (Å²) in [7, 11) is 0. The first kappa shape index (κ1) is 30.1. The van der Waals surface area contributed by atoms with Crippen LogP contribution in [0.3, 0.4) is 0 Å². The van der Waals surface area contributed by atoms with Crippen LogP contribution in [-0.2, 0) is 19.3 Å². The van der Waals surface area contributed by atoms with Gasteiger partial charge in [-0.3, -0.25) is 0 Å². The topological polar surface area (TPSA) is 20.2 Å². The molecule has 0 unspecified atom stereocenters. The largest absolute Gasteiger partial charge is 0.508 e. The van der Waals surface area contributed by atoms with E-state index in [4.69, 9.17) is 0 Å². The SMILES string of the molecule is CCCCCCCCCCc1ccc(O)c(CCCCCC)c1CCCCCCCCCC. The third-order valence-electron chi connectivity index (χ3n) is 7.36. The van der Waals surface area contributed by atoms with E-state index in [0.717, 1.165) is 6.42 Å². The smallest absolute Gasteiger partial charge is 0.119 e. The molecule has 0 spiro atoms. The molecule has 192 valence electrons. The van der Waals surface area contributed by atoms with Crippen LogP contribution in [0.5, 0.6) is 5.75 Å². The van der Waals surface area contributed by atoms with Crippen molar-refractivity contribution in [3.05, 3.63) is 28.8 Å². The monoisotopic (exact) mass is 458 g/mol. The summed E-state index contributed by atoms with van der Waals surface area (Å²) >= 11 is 0. The van der Waals surface area contributed by atoms with Gasteiger partial charge < -0.3 is 5.11 Å². The van der Waals surface area contributed by atoms with Crippen LogP contribution in [0.15, 0.2) is 12.1 Å². The summed E-state index contributed by atoms with van der Waals surface area (Å²) < 4.78 is 0. The average molecular weight is 459 g/mol. The highest BCUT2D eigenvalue weighted by Gasteiger charge is 2.13. The van der Waals surface area contributed by atoms with Gasteiger partial charge in [-0.1, -0.05) is 136 Å². The predicted molar refractivity (Wildman–Crippen MR) is 149 cm³/mol. The lowest BCUT2D eigenvalue weighted by atomic mass is 9.89. The molecule has 0 amide bonds. The van der Waals surface area contributed by atoms with Gasteiger partial charge in [0.1, 0.15) is 5.75 Å². The van der Waals surface area contributed by atoms with Crippen molar-refractivity contribution in [3.63, 3.8) is 0 Å². The quantitative estimate of drug-likeness (QED) is 0.162. The number of hydrogen-bond acceptors (Lipinski definition) is 1. The number of aryl methyl sites for hydroxylation is 1. The second kappa shape index (κ2) is 21.5. The van der Waals surface area contributed by atoms with Gasteiger partial charge in [0.25, 0.3) is 0 Å². The number of phenols is 1. The van der Waals surface area contributed by atoms with Crippen LogP contribution < -0.4 is 0 Å². The Balaban J connectivity index is 2.57. The molecule has 0 aromatic heterocycles. The van der Waals surface area contributed by atoms with Crippen molar-refractivity contribution in [1.29, 1.82) is 0 Å². The van der Waals surface area contributed by atoms with Gasteiger partial charge >= 0.3 is 0 Å². The Bertz CT molecular complexity index is 562. The van der Waals surface area contributed by atoms with Crippen LogP contribution >= 0.6 is 0 Å². The van der Waals surface area contributed by atoms with Crippen LogP contribution in [0.25, 0.3) is 0 Å². The van der Waals surface area contributed by atoms with Crippen molar-refractivity contribution in [2.45, 2.75) is 168 Å². The molecule has 0 aliphatic carbocycles. The first-order valence-electron chi connectivity index (χ1n) is 15.1. The van der Waals surface area contributed by atoms with Crippen molar-refractivity contribution in [3.8, 4) is 5.75 Å². The van der Waals surface area contributed by atoms with Crippen molar-refractivity contribution in [1.82, 2.24) is 0 Å². The van der Waals surface area contributed by atoms with E-state index in [9.17, 15) is 5.11 Å². The number of phenolic OH excluding ortho intramolecular Hbond substituents is 1. The average Bonchev–Trinajstić information content (AvgIpc) is 2.82. The Morgan fingerprint density at radius 1 is 0.424 bits per heavy atom. The van der Waals surface area contributed by atoms with Crippen LogP contribution in [0.1, 0.15) is 166 Å². The van der Waals surface area contributed by atoms with Gasteiger partial charge in [-0.05, 0) is 61.3 Å². The maximum Gasteiger partial charge on any atom is 0.119 e. The fourth-order valence-corrected chi connectivity index (χ4v) is 5.17. The number of aromatic hydroxyl groups is 1. The third-order valence-corrected chi connectivity index (χ3v) is 7.36. The molecule has 1 aromatic carbocycles. The van der Waals surface area contributed by atoms with Gasteiger partial charge in [-0.25, -0.2) is 0 Å². The van der Waals surface area contributed by atoms with E-state index in [-0.39, 0.29) is 0 Å². The number of rotatable bonds is 23. The first-order chi connectivity index (χ1) is 16.2. The molecule has 0 aliphatic heterocycles. The second-order valence-electron chi connectivity index (χ2n) is 10.5. The minimum Gasteiger partial charge on any atom is -0.508 e. The fraction of sp³-hybridized carbons (Fsp3) is 0.812. The summed E-state index contributed by atoms with van der Waals surface area (Å²) in [5.74, 6) is 0.556. The van der Waals surface area contributed by atoms with E-state index >= 15 is 0 Å². The van der Waals surface area contributed by atoms with Crippen LogP contribution in [0, 0.1) is 0 Å². The lowest BCUT2D eigenvalue weighted by Crippen LogP contribution is -2.03. The fourth-order valence-electron chi connectivity index (χ4n) is 5.17. The van der Waals surface area contributed by atoms with Crippen LogP contribution in [0.2, 0.25) is 0 Å². The molecule has 33 heavy (non-hydrogen) atoms. The van der Waals surface area contributed by atoms with E-state index in [2.05, 4.69) is 26.8 Å². The van der Waals surface area contributed by atoms with Crippen LogP contribution in [0.4, 0.5) is 0 Å². The van der Waals surface area contributed by atoms with Crippen molar-refractivity contribution in [2.75, 3.05) is 0 Å². The molecule has 0 aliphatic rings. The number of benzene rings is 1. The third kappa shape index (κ3) is 14.8. The molecular formula is C32H58O. The molecule has 0 atom stereocenters. The van der Waals surface area contributed by atoms with E-state index in [0.29, 0.717) is 5.75 Å². The van der Waals surface area contributed by atoms with Crippen molar-refractivity contribution in [2.24, 2.45) is 0 Å². The van der Waals surface area contributed by atoms with Gasteiger partial charge in [0, 0.05) is 0 Å². The maximum absolute atomic E-state index is 10.7.